The summed E-state index contributed by atoms with van der Waals surface area (Å²) < 4.78 is 7.33. The lowest BCUT2D eigenvalue weighted by molar-refractivity contribution is 0.667. The molecule has 5 heteroatoms. The van der Waals surface area contributed by atoms with E-state index in [1.54, 1.807) is 0 Å². The van der Waals surface area contributed by atoms with E-state index in [-0.39, 0.29) is 0 Å². The number of benzene rings is 10. The van der Waals surface area contributed by atoms with E-state index in [0.717, 1.165) is 89.4 Å². The molecule has 0 amide bonds. The van der Waals surface area contributed by atoms with Gasteiger partial charge in [0.15, 0.2) is 5.58 Å². The molecule has 0 saturated heterocycles. The number of para-hydroxylation sites is 1. The second kappa shape index (κ2) is 18.3. The molecule has 76 heavy (non-hydrogen) atoms. The summed E-state index contributed by atoms with van der Waals surface area (Å²) in [6.45, 7) is 4.81. The summed E-state index contributed by atoms with van der Waals surface area (Å²) in [6, 6.07) is 88.4. The van der Waals surface area contributed by atoms with Gasteiger partial charge in [0.2, 0.25) is 0 Å². The van der Waals surface area contributed by atoms with Crippen LogP contribution in [0.1, 0.15) is 34.9 Å². The third kappa shape index (κ3) is 7.26. The van der Waals surface area contributed by atoms with Crippen LogP contribution in [0.15, 0.2) is 277 Å². The number of hydrogen-bond donors (Lipinski definition) is 1. The molecule has 0 unspecified atom stereocenters. The molecule has 0 spiro atoms. The van der Waals surface area contributed by atoms with E-state index < -0.39 is 5.41 Å². The van der Waals surface area contributed by atoms with Crippen LogP contribution >= 0.6 is 0 Å². The predicted molar refractivity (Wildman–Crippen MR) is 315 cm³/mol. The highest BCUT2D eigenvalue weighted by Gasteiger charge is 2.49. The molecule has 2 aliphatic rings. The highest BCUT2D eigenvalue weighted by Crippen LogP contribution is 2.63. The number of nitrogens with one attached hydrogen (secondary N) is 1. The van der Waals surface area contributed by atoms with E-state index in [1.807, 2.05) is 13.1 Å². The Morgan fingerprint density at radius 2 is 0.947 bits per heavy atom. The third-order valence-electron chi connectivity index (χ3n) is 15.6. The summed E-state index contributed by atoms with van der Waals surface area (Å²) >= 11 is 0. The fraction of sp³-hybridized carbons (Fsp3) is 0.0563. The number of aryl methyl sites for hydroxylation is 1. The smallest absolute Gasteiger partial charge is 0.160 e. The van der Waals surface area contributed by atoms with E-state index >= 15 is 0 Å². The average Bonchev–Trinajstić information content (AvgIpc) is 4.21. The maximum atomic E-state index is 7.33. The zero-order valence-electron chi connectivity index (χ0n) is 42.3. The van der Waals surface area contributed by atoms with Crippen molar-refractivity contribution >= 4 is 61.1 Å². The molecule has 12 aromatic rings. The quantitative estimate of drug-likeness (QED) is 0.148. The van der Waals surface area contributed by atoms with Crippen LogP contribution in [-0.4, -0.2) is 11.5 Å². The van der Waals surface area contributed by atoms with E-state index in [9.17, 15) is 0 Å². The highest BCUT2D eigenvalue weighted by molar-refractivity contribution is 6.23. The van der Waals surface area contributed by atoms with Gasteiger partial charge in [0.1, 0.15) is 5.58 Å². The molecular formula is C71H52N4O. The lowest BCUT2D eigenvalue weighted by atomic mass is 9.67. The molecule has 3 heterocycles. The molecule has 1 aliphatic heterocycles. The van der Waals surface area contributed by atoms with E-state index in [4.69, 9.17) is 9.40 Å². The van der Waals surface area contributed by atoms with Gasteiger partial charge in [0, 0.05) is 44.6 Å². The van der Waals surface area contributed by atoms with Crippen LogP contribution < -0.4 is 15.1 Å². The van der Waals surface area contributed by atoms with Crippen molar-refractivity contribution in [3.05, 3.63) is 300 Å². The molecule has 14 rings (SSSR count). The SMILES string of the molecule is CC1=CC=C(N(c2ccc(-c3ccccc3)cc2)c2cc3c(c4c2oc2ccccc24)-c2c(cc(N(c4ccc(-c5ccccc5)cc4)c4ccc(C)nc4)c4ccccc24)C3(c2ccccc2)c2ccccc2)CN1. The topological polar surface area (TPSA) is 44.5 Å². The average molecular weight is 977 g/mol. The Balaban J connectivity index is 1.11. The first-order chi connectivity index (χ1) is 37.5. The summed E-state index contributed by atoms with van der Waals surface area (Å²) in [6.07, 6.45) is 6.45. The van der Waals surface area contributed by atoms with Gasteiger partial charge in [-0.05, 0) is 142 Å². The van der Waals surface area contributed by atoms with Gasteiger partial charge in [0.25, 0.3) is 0 Å². The van der Waals surface area contributed by atoms with Crippen LogP contribution in [0.3, 0.4) is 0 Å². The molecule has 0 saturated carbocycles. The summed E-state index contributed by atoms with van der Waals surface area (Å²) in [4.78, 5) is 9.76. The molecule has 362 valence electrons. The molecular weight excluding hydrogens is 925 g/mol. The first-order valence-electron chi connectivity index (χ1n) is 26.1. The fourth-order valence-electron chi connectivity index (χ4n) is 12.1. The number of dihydropyridines is 1. The van der Waals surface area contributed by atoms with Crippen molar-refractivity contribution in [1.82, 2.24) is 10.3 Å². The number of allylic oxidation sites excluding steroid dienone is 3. The van der Waals surface area contributed by atoms with Gasteiger partial charge < -0.3 is 19.5 Å². The molecule has 0 radical (unpaired) electrons. The zero-order valence-corrected chi connectivity index (χ0v) is 42.3. The number of furan rings is 1. The molecule has 1 aliphatic carbocycles. The molecule has 1 N–H and O–H groups in total. The number of fused-ring (bicyclic) bond motifs is 9. The van der Waals surface area contributed by atoms with Crippen molar-refractivity contribution in [1.29, 1.82) is 0 Å². The number of nitrogens with zero attached hydrogens (tertiary/aromatic N) is 3. The predicted octanol–water partition coefficient (Wildman–Crippen LogP) is 18.1. The first-order valence-corrected chi connectivity index (χ1v) is 26.1. The van der Waals surface area contributed by atoms with Gasteiger partial charge >= 0.3 is 0 Å². The van der Waals surface area contributed by atoms with Crippen LogP contribution in [0.5, 0.6) is 0 Å². The first kappa shape index (κ1) is 44.9. The van der Waals surface area contributed by atoms with Crippen molar-refractivity contribution in [3.63, 3.8) is 0 Å². The van der Waals surface area contributed by atoms with Gasteiger partial charge in [-0.2, -0.15) is 0 Å². The van der Waals surface area contributed by atoms with Crippen molar-refractivity contribution in [2.24, 2.45) is 0 Å². The molecule has 0 fully saturated rings. The van der Waals surface area contributed by atoms with E-state index in [2.05, 4.69) is 277 Å². The molecule has 2 aromatic heterocycles. The summed E-state index contributed by atoms with van der Waals surface area (Å²) in [7, 11) is 0. The largest absolute Gasteiger partial charge is 0.454 e. The van der Waals surface area contributed by atoms with Gasteiger partial charge in [0.05, 0.1) is 35.2 Å². The zero-order chi connectivity index (χ0) is 50.7. The second-order valence-electron chi connectivity index (χ2n) is 20.0. The van der Waals surface area contributed by atoms with Crippen molar-refractivity contribution < 1.29 is 4.42 Å². The van der Waals surface area contributed by atoms with Crippen LogP contribution in [0.2, 0.25) is 0 Å². The maximum Gasteiger partial charge on any atom is 0.160 e. The lowest BCUT2D eigenvalue weighted by Crippen LogP contribution is -2.30. The Bertz CT molecular complexity index is 4160. The fourth-order valence-corrected chi connectivity index (χ4v) is 12.1. The Kier molecular flexibility index (Phi) is 10.8. The van der Waals surface area contributed by atoms with Crippen molar-refractivity contribution in [2.45, 2.75) is 19.3 Å². The minimum absolute atomic E-state index is 0.633. The lowest BCUT2D eigenvalue weighted by Gasteiger charge is -2.36. The van der Waals surface area contributed by atoms with Gasteiger partial charge in [-0.15, -0.1) is 0 Å². The Morgan fingerprint density at radius 1 is 0.447 bits per heavy atom. The monoisotopic (exact) mass is 976 g/mol. The van der Waals surface area contributed by atoms with Gasteiger partial charge in [-0.1, -0.05) is 188 Å². The minimum atomic E-state index is -0.819. The molecule has 10 aromatic carbocycles. The number of rotatable bonds is 10. The standard InChI is InChI=1S/C71H52N4O/c1-47-31-37-57(45-72-47)74(55-39-33-51(34-40-55)49-19-7-3-8-20-49)64-43-62-67(60-28-16-15-27-59(60)64)69-63(71(62,53-23-11-5-12-24-53)54-25-13-6-14-26-54)44-65(70-68(69)61-29-17-18-30-66(61)76-70)75(58-38-32-48(2)73-46-58)56-41-35-52(36-42-56)50-21-9-4-10-22-50/h3-45,73H,46H2,1-2H3. The molecule has 5 nitrogen and oxygen atoms in total. The number of hydrogen-bond acceptors (Lipinski definition) is 5. The summed E-state index contributed by atoms with van der Waals surface area (Å²) in [5.74, 6) is 0. The van der Waals surface area contributed by atoms with Crippen molar-refractivity contribution in [2.75, 3.05) is 16.3 Å². The highest BCUT2D eigenvalue weighted by atomic mass is 16.3. The van der Waals surface area contributed by atoms with E-state index in [0.29, 0.717) is 6.54 Å². The van der Waals surface area contributed by atoms with Crippen molar-refractivity contribution in [3.8, 4) is 33.4 Å². The third-order valence-corrected chi connectivity index (χ3v) is 15.6. The van der Waals surface area contributed by atoms with Crippen LogP contribution in [0, 0.1) is 6.92 Å². The Hall–Kier alpha value is -9.71. The maximum absolute atomic E-state index is 7.33. The second-order valence-corrected chi connectivity index (χ2v) is 20.0. The Morgan fingerprint density at radius 3 is 1.53 bits per heavy atom. The number of pyridine rings is 1. The van der Waals surface area contributed by atoms with Crippen LogP contribution in [0.4, 0.5) is 28.4 Å². The molecule has 0 bridgehead atoms. The number of aromatic nitrogens is 1. The van der Waals surface area contributed by atoms with Gasteiger partial charge in [-0.3, -0.25) is 4.98 Å². The van der Waals surface area contributed by atoms with Gasteiger partial charge in [-0.25, -0.2) is 0 Å². The van der Waals surface area contributed by atoms with E-state index in [1.165, 1.54) is 44.5 Å². The number of anilines is 5. The Labute approximate surface area is 443 Å². The normalized spacial score (nSPS) is 13.4. The summed E-state index contributed by atoms with van der Waals surface area (Å²) in [5, 5.41) is 8.14. The minimum Gasteiger partial charge on any atom is -0.454 e. The van der Waals surface area contributed by atoms with Crippen LogP contribution in [0.25, 0.3) is 66.1 Å². The molecule has 0 atom stereocenters. The van der Waals surface area contributed by atoms with Crippen LogP contribution in [-0.2, 0) is 5.41 Å². The summed E-state index contributed by atoms with van der Waals surface area (Å²) in [5.41, 5.74) is 20.9.